The van der Waals surface area contributed by atoms with Crippen molar-refractivity contribution in [2.75, 3.05) is 20.8 Å². The van der Waals surface area contributed by atoms with Gasteiger partial charge in [0, 0.05) is 29.7 Å². The molecule has 0 fully saturated rings. The van der Waals surface area contributed by atoms with Gasteiger partial charge in [0.05, 0.1) is 25.5 Å². The van der Waals surface area contributed by atoms with Crippen LogP contribution in [0.15, 0.2) is 66.2 Å². The van der Waals surface area contributed by atoms with Crippen molar-refractivity contribution in [1.29, 1.82) is 0 Å². The summed E-state index contributed by atoms with van der Waals surface area (Å²) in [6.45, 7) is 1.31. The Balaban J connectivity index is 1.62. The maximum atomic E-state index is 13.7. The Labute approximate surface area is 190 Å². The number of amides is 1. The summed E-state index contributed by atoms with van der Waals surface area (Å²) in [5.74, 6) is 1.27. The third kappa shape index (κ3) is 3.65. The molecule has 0 bridgehead atoms. The lowest BCUT2D eigenvalue weighted by Gasteiger charge is -2.27. The average Bonchev–Trinajstić information content (AvgIpc) is 3.50. The Hall–Kier alpha value is -3.58. The molecule has 5 rings (SSSR count). The molecule has 2 aromatic heterocycles. The third-order valence-electron chi connectivity index (χ3n) is 5.72. The molecule has 2 aromatic carbocycles. The first-order valence-corrected chi connectivity index (χ1v) is 11.3. The van der Waals surface area contributed by atoms with Gasteiger partial charge in [-0.15, -0.1) is 11.3 Å². The van der Waals surface area contributed by atoms with E-state index < -0.39 is 0 Å². The van der Waals surface area contributed by atoms with E-state index in [1.807, 2.05) is 59.6 Å². The largest absolute Gasteiger partial charge is 0.497 e. The van der Waals surface area contributed by atoms with Gasteiger partial charge in [-0.2, -0.15) is 5.10 Å². The number of hydrogen-bond donors (Lipinski definition) is 0. The van der Waals surface area contributed by atoms with Crippen molar-refractivity contribution < 1.29 is 14.3 Å². The van der Waals surface area contributed by atoms with Crippen LogP contribution < -0.4 is 9.47 Å². The van der Waals surface area contributed by atoms with Gasteiger partial charge < -0.3 is 14.4 Å². The minimum absolute atomic E-state index is 0.0381. The summed E-state index contributed by atoms with van der Waals surface area (Å²) in [4.78, 5) is 17.0. The van der Waals surface area contributed by atoms with Crippen LogP contribution in [0.5, 0.6) is 11.5 Å². The van der Waals surface area contributed by atoms with E-state index in [0.29, 0.717) is 35.8 Å². The highest BCUT2D eigenvalue weighted by molar-refractivity contribution is 7.10. The van der Waals surface area contributed by atoms with E-state index in [2.05, 4.69) is 11.4 Å². The second-order valence-corrected chi connectivity index (χ2v) is 8.58. The number of thiophene rings is 1. The molecule has 0 aliphatic carbocycles. The molecule has 6 nitrogen and oxygen atoms in total. The lowest BCUT2D eigenvalue weighted by molar-refractivity contribution is 0.0736. The van der Waals surface area contributed by atoms with E-state index in [4.69, 9.17) is 14.6 Å². The van der Waals surface area contributed by atoms with Crippen LogP contribution in [0.1, 0.15) is 20.8 Å². The molecule has 1 aliphatic heterocycles. The summed E-state index contributed by atoms with van der Waals surface area (Å²) in [6.07, 6.45) is 2.69. The summed E-state index contributed by atoms with van der Waals surface area (Å²) in [7, 11) is 3.23. The lowest BCUT2D eigenvalue weighted by atomic mass is 10.0. The maximum absolute atomic E-state index is 13.7. The number of fused-ring (bicyclic) bond motifs is 1. The summed E-state index contributed by atoms with van der Waals surface area (Å²) in [5.41, 5.74) is 3.95. The summed E-state index contributed by atoms with van der Waals surface area (Å²) >= 11 is 1.76. The molecule has 0 N–H and O–H groups in total. The fourth-order valence-electron chi connectivity index (χ4n) is 4.03. The molecule has 3 heterocycles. The highest BCUT2D eigenvalue weighted by Crippen LogP contribution is 2.36. The predicted octanol–water partition coefficient (Wildman–Crippen LogP) is 4.82. The average molecular weight is 446 g/mol. The Morgan fingerprint density at radius 2 is 1.91 bits per heavy atom. The quantitative estimate of drug-likeness (QED) is 0.442. The van der Waals surface area contributed by atoms with Crippen LogP contribution in [-0.4, -0.2) is 41.4 Å². The molecular weight excluding hydrogens is 422 g/mol. The highest BCUT2D eigenvalue weighted by atomic mass is 32.1. The van der Waals surface area contributed by atoms with Crippen molar-refractivity contribution in [3.63, 3.8) is 0 Å². The third-order valence-corrected chi connectivity index (χ3v) is 6.75. The number of benzene rings is 2. The summed E-state index contributed by atoms with van der Waals surface area (Å²) in [6, 6.07) is 17.4. The lowest BCUT2D eigenvalue weighted by Crippen LogP contribution is -2.35. The van der Waals surface area contributed by atoms with Gasteiger partial charge in [0.25, 0.3) is 5.91 Å². The van der Waals surface area contributed by atoms with E-state index in [-0.39, 0.29) is 5.91 Å². The first-order valence-electron chi connectivity index (χ1n) is 10.4. The zero-order valence-corrected chi connectivity index (χ0v) is 18.8. The van der Waals surface area contributed by atoms with Gasteiger partial charge in [0.1, 0.15) is 17.2 Å². The van der Waals surface area contributed by atoms with Crippen molar-refractivity contribution >= 4 is 17.2 Å². The molecule has 1 aliphatic rings. The molecule has 7 heteroatoms. The zero-order chi connectivity index (χ0) is 22.1. The number of nitrogens with zero attached hydrogens (tertiary/aromatic N) is 3. The first kappa shape index (κ1) is 20.3. The van der Waals surface area contributed by atoms with Crippen LogP contribution in [0.25, 0.3) is 16.9 Å². The zero-order valence-electron chi connectivity index (χ0n) is 17.9. The van der Waals surface area contributed by atoms with Gasteiger partial charge in [-0.25, -0.2) is 4.68 Å². The normalized spacial score (nSPS) is 13.0. The monoisotopic (exact) mass is 445 g/mol. The molecular formula is C25H23N3O3S. The molecule has 4 aromatic rings. The Morgan fingerprint density at radius 1 is 1.06 bits per heavy atom. The van der Waals surface area contributed by atoms with E-state index in [1.165, 1.54) is 10.4 Å². The van der Waals surface area contributed by atoms with Gasteiger partial charge in [-0.1, -0.05) is 18.2 Å². The number of ether oxygens (including phenoxy) is 2. The Morgan fingerprint density at radius 3 is 2.69 bits per heavy atom. The molecule has 0 unspecified atom stereocenters. The minimum atomic E-state index is -0.0381. The van der Waals surface area contributed by atoms with E-state index >= 15 is 0 Å². The van der Waals surface area contributed by atoms with Crippen LogP contribution >= 0.6 is 11.3 Å². The fraction of sp³-hybridized carbons (Fsp3) is 0.200. The number of rotatable bonds is 5. The topological polar surface area (TPSA) is 56.6 Å². The number of aromatic nitrogens is 2. The molecule has 0 saturated carbocycles. The second-order valence-electron chi connectivity index (χ2n) is 7.58. The summed E-state index contributed by atoms with van der Waals surface area (Å²) in [5, 5.41) is 6.92. The van der Waals surface area contributed by atoms with Crippen molar-refractivity contribution in [3.8, 4) is 28.4 Å². The molecule has 32 heavy (non-hydrogen) atoms. The number of carbonyl (C=O) groups is 1. The number of para-hydroxylation sites is 1. The van der Waals surface area contributed by atoms with Gasteiger partial charge >= 0.3 is 0 Å². The SMILES string of the molecule is COc1ccc(OC)c(-c2nn(-c3ccccc3)cc2C(=O)N2CCc3sccc3C2)c1. The van der Waals surface area contributed by atoms with Gasteiger partial charge in [-0.3, -0.25) is 4.79 Å². The van der Waals surface area contributed by atoms with E-state index in [9.17, 15) is 4.79 Å². The Kier molecular flexibility index (Phi) is 5.41. The molecule has 0 radical (unpaired) electrons. The molecule has 0 saturated heterocycles. The molecule has 1 amide bonds. The Bertz CT molecular complexity index is 1260. The van der Waals surface area contributed by atoms with Gasteiger partial charge in [0.2, 0.25) is 0 Å². The smallest absolute Gasteiger partial charge is 0.258 e. The minimum Gasteiger partial charge on any atom is -0.497 e. The van der Waals surface area contributed by atoms with Crippen LogP contribution in [0.2, 0.25) is 0 Å². The maximum Gasteiger partial charge on any atom is 0.258 e. The second kappa shape index (κ2) is 8.51. The molecule has 0 spiro atoms. The molecule has 0 atom stereocenters. The van der Waals surface area contributed by atoms with Crippen LogP contribution in [-0.2, 0) is 13.0 Å². The van der Waals surface area contributed by atoms with E-state index in [0.717, 1.165) is 17.7 Å². The first-order chi connectivity index (χ1) is 15.7. The fourth-order valence-corrected chi connectivity index (χ4v) is 4.92. The summed E-state index contributed by atoms with van der Waals surface area (Å²) < 4.78 is 12.8. The standard InChI is InChI=1S/C25H23N3O3S/c1-30-19-8-9-22(31-2)20(14-19)24-21(16-28(26-24)18-6-4-3-5-7-18)25(29)27-12-10-23-17(15-27)11-13-32-23/h3-9,11,13-14,16H,10,12,15H2,1-2H3. The number of methoxy groups -OCH3 is 2. The van der Waals surface area contributed by atoms with Crippen molar-refractivity contribution in [3.05, 3.63) is 82.2 Å². The van der Waals surface area contributed by atoms with Gasteiger partial charge in [-0.05, 0) is 53.8 Å². The van der Waals surface area contributed by atoms with Crippen molar-refractivity contribution in [2.24, 2.45) is 0 Å². The molecule has 162 valence electrons. The number of carbonyl (C=O) groups excluding carboxylic acids is 1. The van der Waals surface area contributed by atoms with Gasteiger partial charge in [0.15, 0.2) is 0 Å². The highest BCUT2D eigenvalue weighted by Gasteiger charge is 2.28. The van der Waals surface area contributed by atoms with Crippen molar-refractivity contribution in [1.82, 2.24) is 14.7 Å². The van der Waals surface area contributed by atoms with Crippen LogP contribution in [0.4, 0.5) is 0 Å². The van der Waals surface area contributed by atoms with E-state index in [1.54, 1.807) is 30.2 Å². The van der Waals surface area contributed by atoms with Crippen molar-refractivity contribution in [2.45, 2.75) is 13.0 Å². The van der Waals surface area contributed by atoms with Crippen LogP contribution in [0.3, 0.4) is 0 Å². The predicted molar refractivity (Wildman–Crippen MR) is 125 cm³/mol. The van der Waals surface area contributed by atoms with Crippen LogP contribution in [0, 0.1) is 0 Å². The number of hydrogen-bond acceptors (Lipinski definition) is 5.